The van der Waals surface area contributed by atoms with Gasteiger partial charge in [-0.3, -0.25) is 19.6 Å². The van der Waals surface area contributed by atoms with Crippen LogP contribution in [0, 0.1) is 0 Å². The molecule has 0 saturated carbocycles. The minimum absolute atomic E-state index is 0.128. The third-order valence-electron chi connectivity index (χ3n) is 12.8. The number of aliphatic carboxylic acids is 2. The van der Waals surface area contributed by atoms with E-state index in [0.29, 0.717) is 11.1 Å². The molecule has 0 bridgehead atoms. The van der Waals surface area contributed by atoms with E-state index in [-0.39, 0.29) is 32.0 Å². The fraction of sp³-hybridized carbons (Fsp3) is 0.348. The zero-order valence-electron chi connectivity index (χ0n) is 36.7. The quantitative estimate of drug-likeness (QED) is 0.0511. The second-order valence-corrected chi connectivity index (χ2v) is 21.7. The van der Waals surface area contributed by atoms with E-state index in [9.17, 15) is 70.2 Å². The average Bonchev–Trinajstić information content (AvgIpc) is 3.63. The molecule has 4 aliphatic rings. The molecule has 66 heavy (non-hydrogen) atoms. The van der Waals surface area contributed by atoms with Gasteiger partial charge >= 0.3 is 0 Å². The molecule has 2 amide bonds. The SMILES string of the molecule is C=c1c(-c2c(O)c3c(C=N[C@@H]4C(=O)N5[C@@H]4SC(C)(C)[C@@H]5C(=O)[O-])c(O)c(O)c(=C(C)C)c3c(O)c2=C)c(O)c2c(C=N[C@@H]3C(=O)N4[C@@H]3SC(C)(C)[C@@H]4C(=O)[O-])c(O)c(O)c(=C(C)C)c2c1O. The Hall–Kier alpha value is -6.80. The van der Waals surface area contributed by atoms with Crippen molar-refractivity contribution in [2.45, 2.75) is 99.8 Å². The molecule has 4 aliphatic heterocycles. The Kier molecular flexibility index (Phi) is 10.3. The minimum atomic E-state index is -1.46. The predicted molar refractivity (Wildman–Crippen MR) is 244 cm³/mol. The lowest BCUT2D eigenvalue weighted by Gasteiger charge is -2.43. The van der Waals surface area contributed by atoms with Crippen molar-refractivity contribution >= 4 is 106 Å². The van der Waals surface area contributed by atoms with Crippen molar-refractivity contribution in [2.75, 3.05) is 0 Å². The molecule has 4 saturated heterocycles. The monoisotopic (exact) mass is 940 g/mol. The fourth-order valence-corrected chi connectivity index (χ4v) is 13.1. The van der Waals surface area contributed by atoms with Crippen LogP contribution in [0.3, 0.4) is 0 Å². The molecule has 0 aromatic heterocycles. The van der Waals surface area contributed by atoms with Crippen LogP contribution >= 0.6 is 23.5 Å². The molecule has 0 aliphatic carbocycles. The zero-order chi connectivity index (χ0) is 48.9. The number of aliphatic imine (C=N–C) groups is 2. The molecule has 18 nitrogen and oxygen atoms in total. The molecule has 6 atom stereocenters. The minimum Gasteiger partial charge on any atom is -0.548 e. The molecule has 4 fully saturated rings. The molecule has 4 aromatic carbocycles. The smallest absolute Gasteiger partial charge is 0.252 e. The average molecular weight is 941 g/mol. The van der Waals surface area contributed by atoms with E-state index in [4.69, 9.17) is 0 Å². The lowest BCUT2D eigenvalue weighted by atomic mass is 9.87. The van der Waals surface area contributed by atoms with Crippen molar-refractivity contribution in [1.82, 2.24) is 9.80 Å². The first-order valence-electron chi connectivity index (χ1n) is 20.3. The summed E-state index contributed by atoms with van der Waals surface area (Å²) in [6.07, 6.45) is 1.95. The lowest BCUT2D eigenvalue weighted by molar-refractivity contribution is -0.313. The maximum atomic E-state index is 13.4. The van der Waals surface area contributed by atoms with Gasteiger partial charge in [-0.2, -0.15) is 0 Å². The fourth-order valence-electron chi connectivity index (χ4n) is 9.82. The van der Waals surface area contributed by atoms with Gasteiger partial charge < -0.3 is 70.5 Å². The molecule has 0 radical (unpaired) electrons. The third kappa shape index (κ3) is 6.02. The number of β-lactam (4-membered cyclic amide) rings is 2. The van der Waals surface area contributed by atoms with Crippen molar-refractivity contribution in [3.8, 4) is 57.1 Å². The maximum absolute atomic E-state index is 13.4. The van der Waals surface area contributed by atoms with Crippen LogP contribution in [0.4, 0.5) is 0 Å². The van der Waals surface area contributed by atoms with E-state index in [2.05, 4.69) is 23.1 Å². The van der Waals surface area contributed by atoms with Gasteiger partial charge in [-0.15, -0.1) is 23.5 Å². The number of phenolic OH excluding ortho intramolecular Hbond substituents is 8. The number of aromatic hydroxyl groups is 8. The predicted octanol–water partition coefficient (Wildman–Crippen LogP) is -0.294. The summed E-state index contributed by atoms with van der Waals surface area (Å²) in [5.74, 6) is -10.5. The molecular weight excluding hydrogens is 897 g/mol. The second kappa shape index (κ2) is 14.9. The highest BCUT2D eigenvalue weighted by atomic mass is 32.2. The lowest BCUT2D eigenvalue weighted by Crippen LogP contribution is -2.66. The largest absolute Gasteiger partial charge is 0.548 e. The molecule has 8 rings (SSSR count). The Morgan fingerprint density at radius 1 is 0.561 bits per heavy atom. The van der Waals surface area contributed by atoms with E-state index in [0.717, 1.165) is 45.8 Å². The molecule has 346 valence electrons. The number of hydrogen-bond donors (Lipinski definition) is 8. The number of thioether (sulfide) groups is 2. The highest BCUT2D eigenvalue weighted by molar-refractivity contribution is 8.02. The number of nitrogens with zero attached hydrogens (tertiary/aromatic N) is 4. The molecule has 4 aromatic rings. The van der Waals surface area contributed by atoms with Crippen LogP contribution in [0.2, 0.25) is 0 Å². The number of amides is 2. The first-order chi connectivity index (χ1) is 30.6. The summed E-state index contributed by atoms with van der Waals surface area (Å²) in [4.78, 5) is 61.8. The van der Waals surface area contributed by atoms with Crippen molar-refractivity contribution < 1.29 is 70.2 Å². The molecule has 0 unspecified atom stereocenters. The number of carbonyl (C=O) groups is 4. The van der Waals surface area contributed by atoms with E-state index in [1.54, 1.807) is 55.4 Å². The van der Waals surface area contributed by atoms with Crippen molar-refractivity contribution in [3.05, 3.63) is 32.0 Å². The first-order valence-corrected chi connectivity index (χ1v) is 22.1. The molecular formula is C46H44N4O14S2-2. The summed E-state index contributed by atoms with van der Waals surface area (Å²) in [6, 6.07) is -4.91. The van der Waals surface area contributed by atoms with Gasteiger partial charge in [0.15, 0.2) is 35.1 Å². The van der Waals surface area contributed by atoms with Crippen molar-refractivity contribution in [2.24, 2.45) is 9.98 Å². The van der Waals surface area contributed by atoms with Gasteiger partial charge in [-0.05, 0) is 55.4 Å². The summed E-state index contributed by atoms with van der Waals surface area (Å²) in [7, 11) is 0. The molecule has 4 heterocycles. The number of hydrogen-bond acceptors (Lipinski definition) is 18. The topological polar surface area (TPSA) is 307 Å². The summed E-state index contributed by atoms with van der Waals surface area (Å²) in [5.41, 5.74) is -1.14. The van der Waals surface area contributed by atoms with Crippen LogP contribution in [0.1, 0.15) is 66.5 Å². The summed E-state index contributed by atoms with van der Waals surface area (Å²) in [5, 5.41) is 115. The standard InChI is InChI=1S/C46H46N4O14S2/c1-13(2)19-25-23(17(31(53)35(19)57)11-47-27-39(59)49-37(43(61)62)45(7,8)65-41(27)49)33(55)21(15(5)29(25)51)22-16(6)30(52)26-20(14(3)4)36(58)32(54)18(24(26)34(22)56)12-48-28-40(60)50-38(44(63)64)46(9,10)66-42(28)50/h11-12,27-28,37-38,41-42,51-58H,5-6H2,1-4,7-10H3,(H,61,62)(H,63,64)/p-2/t27-,28-,37+,38+,41-,42-/m1/s1. The van der Waals surface area contributed by atoms with Crippen LogP contribution in [0.15, 0.2) is 9.98 Å². The van der Waals surface area contributed by atoms with Gasteiger partial charge in [0.25, 0.3) is 11.8 Å². The molecule has 20 heteroatoms. The van der Waals surface area contributed by atoms with E-state index in [1.807, 2.05) is 0 Å². The number of carboxylic acid groups (broad SMARTS) is 2. The Labute approximate surface area is 383 Å². The summed E-state index contributed by atoms with van der Waals surface area (Å²) in [6.45, 7) is 20.7. The van der Waals surface area contributed by atoms with E-state index in [1.165, 1.54) is 0 Å². The Bertz CT molecular complexity index is 3070. The number of carboxylic acids is 2. The van der Waals surface area contributed by atoms with Crippen LogP contribution in [0.5, 0.6) is 46.0 Å². The second-order valence-electron chi connectivity index (χ2n) is 18.2. The number of carbonyl (C=O) groups excluding carboxylic acids is 4. The highest BCUT2D eigenvalue weighted by Crippen LogP contribution is 2.54. The third-order valence-corrected chi connectivity index (χ3v) is 15.9. The van der Waals surface area contributed by atoms with Gasteiger partial charge in [0.2, 0.25) is 0 Å². The van der Waals surface area contributed by atoms with E-state index >= 15 is 0 Å². The molecule has 8 N–H and O–H groups in total. The van der Waals surface area contributed by atoms with Crippen LogP contribution in [-0.4, -0.2) is 131 Å². The number of benzene rings is 4. The van der Waals surface area contributed by atoms with E-state index < -0.39 is 147 Å². The Balaban J connectivity index is 1.39. The normalized spacial score (nSPS) is 24.0. The zero-order valence-corrected chi connectivity index (χ0v) is 38.3. The van der Waals surface area contributed by atoms with Gasteiger partial charge in [0, 0.05) is 86.6 Å². The Morgan fingerprint density at radius 2 is 0.879 bits per heavy atom. The first kappa shape index (κ1) is 45.8. The van der Waals surface area contributed by atoms with Crippen LogP contribution in [0.25, 0.3) is 57.0 Å². The van der Waals surface area contributed by atoms with Gasteiger partial charge in [0.1, 0.15) is 33.7 Å². The van der Waals surface area contributed by atoms with Gasteiger partial charge in [0.05, 0.1) is 24.0 Å². The summed E-state index contributed by atoms with van der Waals surface area (Å²) >= 11 is 2.33. The number of phenols is 8. The highest BCUT2D eigenvalue weighted by Gasteiger charge is 2.63. The van der Waals surface area contributed by atoms with Crippen LogP contribution < -0.4 is 31.1 Å². The summed E-state index contributed by atoms with van der Waals surface area (Å²) < 4.78 is -1.92. The number of fused-ring (bicyclic) bond motifs is 4. The Morgan fingerprint density at radius 3 is 1.17 bits per heavy atom. The van der Waals surface area contributed by atoms with Crippen LogP contribution in [-0.2, 0) is 19.2 Å². The van der Waals surface area contributed by atoms with Crippen molar-refractivity contribution in [1.29, 1.82) is 0 Å². The van der Waals surface area contributed by atoms with Crippen molar-refractivity contribution in [3.63, 3.8) is 0 Å². The number of rotatable bonds is 7. The van der Waals surface area contributed by atoms with Gasteiger partial charge in [-0.25, -0.2) is 0 Å². The maximum Gasteiger partial charge on any atom is 0.252 e. The molecule has 0 spiro atoms. The van der Waals surface area contributed by atoms with Gasteiger partial charge in [-0.1, -0.05) is 24.3 Å².